The third-order valence-corrected chi connectivity index (χ3v) is 6.37. The number of anilines is 1. The zero-order valence-electron chi connectivity index (χ0n) is 18.6. The molecule has 4 heterocycles. The Morgan fingerprint density at radius 2 is 2.00 bits per heavy atom. The topological polar surface area (TPSA) is 144 Å². The van der Waals surface area contributed by atoms with E-state index >= 15 is 0 Å². The minimum Gasteiger partial charge on any atom is -0.382 e. The van der Waals surface area contributed by atoms with Crippen molar-refractivity contribution < 1.29 is 28.0 Å². The molecule has 0 aromatic carbocycles. The van der Waals surface area contributed by atoms with Crippen molar-refractivity contribution in [3.63, 3.8) is 0 Å². The Morgan fingerprint density at radius 1 is 1.29 bits per heavy atom. The van der Waals surface area contributed by atoms with E-state index in [1.807, 2.05) is 0 Å². The number of nitrogens with zero attached hydrogens (tertiary/aromatic N) is 4. The lowest BCUT2D eigenvalue weighted by Crippen LogP contribution is -2.44. The van der Waals surface area contributed by atoms with Gasteiger partial charge in [-0.1, -0.05) is 20.8 Å². The van der Waals surface area contributed by atoms with Gasteiger partial charge in [0.15, 0.2) is 17.7 Å². The Bertz CT molecular complexity index is 1030. The molecule has 0 amide bonds. The first-order chi connectivity index (χ1) is 14.2. The second-order valence-electron chi connectivity index (χ2n) is 10.4. The van der Waals surface area contributed by atoms with E-state index in [0.717, 1.165) is 0 Å². The van der Waals surface area contributed by atoms with E-state index in [4.69, 9.17) is 24.3 Å². The molecule has 11 nitrogen and oxygen atoms in total. The van der Waals surface area contributed by atoms with Crippen LogP contribution in [-0.2, 0) is 23.1 Å². The number of nitrogen functional groups attached to an aromatic ring is 1. The predicted octanol–water partition coefficient (Wildman–Crippen LogP) is 2.81. The van der Waals surface area contributed by atoms with Gasteiger partial charge >= 0.3 is 7.82 Å². The third-order valence-electron chi connectivity index (χ3n) is 5.10. The molecule has 0 radical (unpaired) electrons. The molecule has 0 spiro atoms. The van der Waals surface area contributed by atoms with Gasteiger partial charge < -0.3 is 20.1 Å². The van der Waals surface area contributed by atoms with Gasteiger partial charge in [-0.15, -0.1) is 0 Å². The Labute approximate surface area is 180 Å². The van der Waals surface area contributed by atoms with Crippen molar-refractivity contribution >= 4 is 24.8 Å². The van der Waals surface area contributed by atoms with Crippen molar-refractivity contribution in [1.29, 1.82) is 0 Å². The first-order valence-corrected chi connectivity index (χ1v) is 11.6. The van der Waals surface area contributed by atoms with Crippen molar-refractivity contribution in [2.75, 3.05) is 12.3 Å². The summed E-state index contributed by atoms with van der Waals surface area (Å²) in [6.45, 7) is 11.5. The maximum atomic E-state index is 12.8. The van der Waals surface area contributed by atoms with Gasteiger partial charge in [0.05, 0.1) is 18.5 Å². The van der Waals surface area contributed by atoms with E-state index in [2.05, 4.69) is 35.7 Å². The summed E-state index contributed by atoms with van der Waals surface area (Å²) in [5, 5.41) is 0. The predicted molar refractivity (Wildman–Crippen MR) is 112 cm³/mol. The lowest BCUT2D eigenvalue weighted by molar-refractivity contribution is -0.182. The van der Waals surface area contributed by atoms with Crippen LogP contribution >= 0.6 is 7.82 Å². The molecule has 2 aliphatic rings. The van der Waals surface area contributed by atoms with Crippen LogP contribution in [0.25, 0.3) is 11.2 Å². The molecule has 31 heavy (non-hydrogen) atoms. The summed E-state index contributed by atoms with van der Waals surface area (Å²) in [6, 6.07) is 0. The van der Waals surface area contributed by atoms with Crippen molar-refractivity contribution in [2.45, 2.75) is 77.6 Å². The normalized spacial score (nSPS) is 30.7. The molecule has 2 bridgehead atoms. The minimum absolute atomic E-state index is 0.164. The fraction of sp³-hybridized carbons (Fsp3) is 0.737. The molecule has 2 aromatic heterocycles. The molecule has 2 unspecified atom stereocenters. The van der Waals surface area contributed by atoms with Crippen molar-refractivity contribution in [1.82, 2.24) is 19.5 Å². The Balaban J connectivity index is 1.72. The van der Waals surface area contributed by atoms with Crippen LogP contribution < -0.4 is 5.73 Å². The number of aromatic nitrogens is 4. The first kappa shape index (κ1) is 22.6. The summed E-state index contributed by atoms with van der Waals surface area (Å²) in [7, 11) is -4.40. The summed E-state index contributed by atoms with van der Waals surface area (Å²) in [5.74, 6) is 0.253. The third kappa shape index (κ3) is 4.35. The largest absolute Gasteiger partial charge is 0.473 e. The number of hydrogen-bond donors (Lipinski definition) is 2. The van der Waals surface area contributed by atoms with Crippen LogP contribution in [0.4, 0.5) is 5.82 Å². The van der Waals surface area contributed by atoms with Gasteiger partial charge in [-0.25, -0.2) is 19.5 Å². The number of phosphoric acid groups is 1. The van der Waals surface area contributed by atoms with Gasteiger partial charge in [0.25, 0.3) is 0 Å². The summed E-state index contributed by atoms with van der Waals surface area (Å²) in [6.07, 6.45) is 1.27. The van der Waals surface area contributed by atoms with Gasteiger partial charge in [0, 0.05) is 0 Å². The molecule has 5 atom stereocenters. The van der Waals surface area contributed by atoms with Gasteiger partial charge in [0.1, 0.15) is 29.7 Å². The molecule has 2 aliphatic heterocycles. The maximum absolute atomic E-state index is 12.8. The molecular formula is C19H30N5O6P. The lowest BCUT2D eigenvalue weighted by atomic mass is 9.80. The number of rotatable bonds is 5. The molecule has 12 heteroatoms. The van der Waals surface area contributed by atoms with E-state index in [0.29, 0.717) is 17.6 Å². The van der Waals surface area contributed by atoms with Crippen molar-refractivity contribution in [2.24, 2.45) is 5.41 Å². The number of nitrogens with two attached hydrogens (primary N) is 1. The fourth-order valence-electron chi connectivity index (χ4n) is 4.38. The molecular weight excluding hydrogens is 425 g/mol. The van der Waals surface area contributed by atoms with Crippen LogP contribution in [0.2, 0.25) is 0 Å². The highest BCUT2D eigenvalue weighted by Gasteiger charge is 2.65. The summed E-state index contributed by atoms with van der Waals surface area (Å²) in [4.78, 5) is 23.0. The van der Waals surface area contributed by atoms with Crippen molar-refractivity contribution in [3.8, 4) is 0 Å². The summed E-state index contributed by atoms with van der Waals surface area (Å²) >= 11 is 0. The SMILES string of the molecule is CC(C)(C)C[C@]12CO[C@@H](C1OP(=O)(O)OC(C)(C)C)[C@H](n1cnc3c(N)ncnc31)O2. The number of imidazole rings is 1. The second-order valence-corrected chi connectivity index (χ2v) is 11.7. The van der Waals surface area contributed by atoms with Crippen LogP contribution in [0.3, 0.4) is 0 Å². The van der Waals surface area contributed by atoms with E-state index in [9.17, 15) is 9.46 Å². The summed E-state index contributed by atoms with van der Waals surface area (Å²) < 4.78 is 38.1. The highest BCUT2D eigenvalue weighted by molar-refractivity contribution is 7.47. The van der Waals surface area contributed by atoms with Crippen LogP contribution in [0.1, 0.15) is 54.2 Å². The average Bonchev–Trinajstić information content (AvgIpc) is 3.21. The quantitative estimate of drug-likeness (QED) is 0.646. The molecule has 2 fully saturated rings. The van der Waals surface area contributed by atoms with Gasteiger partial charge in [-0.05, 0) is 32.6 Å². The Morgan fingerprint density at radius 3 is 2.65 bits per heavy atom. The van der Waals surface area contributed by atoms with E-state index in [1.165, 1.54) is 6.33 Å². The van der Waals surface area contributed by atoms with Crippen LogP contribution in [0, 0.1) is 5.41 Å². The average molecular weight is 455 g/mol. The highest BCUT2D eigenvalue weighted by Crippen LogP contribution is 2.58. The van der Waals surface area contributed by atoms with Gasteiger partial charge in [0.2, 0.25) is 0 Å². The van der Waals surface area contributed by atoms with Gasteiger partial charge in [-0.2, -0.15) is 0 Å². The Kier molecular flexibility index (Phi) is 5.24. The molecule has 2 aromatic rings. The first-order valence-electron chi connectivity index (χ1n) is 10.1. The van der Waals surface area contributed by atoms with E-state index in [1.54, 1.807) is 31.7 Å². The molecule has 172 valence electrons. The van der Waals surface area contributed by atoms with Crippen LogP contribution in [0.15, 0.2) is 12.7 Å². The standard InChI is InChI=1S/C19H30N5O6P/c1-17(2,3)7-19-8-27-12(13(19)29-31(25,26)30-18(4,5)6)16(28-19)24-10-23-11-14(20)21-9-22-15(11)24/h9-10,12-13,16H,7-8H2,1-6H3,(H,25,26)(H2,20,21,22)/t12-,13?,16+,19-/m0/s1. The lowest BCUT2D eigenvalue weighted by Gasteiger charge is -2.37. The van der Waals surface area contributed by atoms with E-state index in [-0.39, 0.29) is 17.8 Å². The highest BCUT2D eigenvalue weighted by atomic mass is 31.2. The number of fused-ring (bicyclic) bond motifs is 3. The fourth-order valence-corrected chi connectivity index (χ4v) is 5.71. The van der Waals surface area contributed by atoms with Crippen molar-refractivity contribution in [3.05, 3.63) is 12.7 Å². The molecule has 3 N–H and O–H groups in total. The molecule has 4 rings (SSSR count). The van der Waals surface area contributed by atoms with Crippen LogP contribution in [-0.4, -0.2) is 54.4 Å². The molecule has 0 saturated carbocycles. The zero-order chi connectivity index (χ0) is 22.8. The molecule has 2 saturated heterocycles. The maximum Gasteiger partial charge on any atom is 0.473 e. The summed E-state index contributed by atoms with van der Waals surface area (Å²) in [5.41, 5.74) is 4.87. The Hall–Kier alpha value is -1.62. The number of phosphoric ester groups is 1. The minimum atomic E-state index is -4.40. The van der Waals surface area contributed by atoms with Crippen LogP contribution in [0.5, 0.6) is 0 Å². The second kappa shape index (κ2) is 7.19. The number of hydrogen-bond acceptors (Lipinski definition) is 9. The smallest absolute Gasteiger partial charge is 0.382 e. The monoisotopic (exact) mass is 455 g/mol. The zero-order valence-corrected chi connectivity index (χ0v) is 19.5. The van der Waals surface area contributed by atoms with E-state index < -0.39 is 37.5 Å². The number of ether oxygens (including phenoxy) is 2. The van der Waals surface area contributed by atoms with Gasteiger partial charge in [-0.3, -0.25) is 13.6 Å². The molecule has 0 aliphatic carbocycles.